The highest BCUT2D eigenvalue weighted by Crippen LogP contribution is 2.56. The zero-order valence-corrected chi connectivity index (χ0v) is 18.8. The molecule has 3 atom stereocenters. The number of nitrogens with zero attached hydrogens (tertiary/aromatic N) is 1. The summed E-state index contributed by atoms with van der Waals surface area (Å²) in [4.78, 5) is 41.3. The van der Waals surface area contributed by atoms with E-state index in [-0.39, 0.29) is 22.0 Å². The lowest BCUT2D eigenvalue weighted by Crippen LogP contribution is -2.39. The number of para-hydroxylation sites is 1. The topological polar surface area (TPSA) is 117 Å². The molecule has 0 bridgehead atoms. The zero-order chi connectivity index (χ0) is 23.4. The van der Waals surface area contributed by atoms with Crippen LogP contribution in [0.5, 0.6) is 23.0 Å². The van der Waals surface area contributed by atoms with Crippen LogP contribution in [0.1, 0.15) is 11.5 Å². The number of carbonyl (C=O) groups is 3. The highest BCUT2D eigenvalue weighted by Gasteiger charge is 2.59. The Morgan fingerprint density at radius 2 is 1.73 bits per heavy atom. The molecule has 0 spiro atoms. The molecule has 1 saturated heterocycles. The molecular formula is C23H20N2O7S. The van der Waals surface area contributed by atoms with Gasteiger partial charge in [-0.05, 0) is 18.2 Å². The molecule has 10 heteroatoms. The van der Waals surface area contributed by atoms with Crippen molar-refractivity contribution in [1.29, 1.82) is 0 Å². The predicted octanol–water partition coefficient (Wildman–Crippen LogP) is 2.19. The van der Waals surface area contributed by atoms with Crippen LogP contribution in [0.4, 0.5) is 5.69 Å². The Morgan fingerprint density at radius 1 is 0.970 bits per heavy atom. The van der Waals surface area contributed by atoms with E-state index in [0.717, 1.165) is 16.7 Å². The molecule has 3 aliphatic rings. The van der Waals surface area contributed by atoms with Crippen molar-refractivity contribution in [3.8, 4) is 23.0 Å². The number of hydrogen-bond acceptors (Lipinski definition) is 9. The van der Waals surface area contributed by atoms with Crippen LogP contribution in [0.25, 0.3) is 0 Å². The van der Waals surface area contributed by atoms with E-state index < -0.39 is 34.9 Å². The third kappa shape index (κ3) is 2.97. The average molecular weight is 468 g/mol. The molecule has 3 aliphatic heterocycles. The van der Waals surface area contributed by atoms with Crippen molar-refractivity contribution in [3.05, 3.63) is 52.6 Å². The number of amides is 2. The minimum Gasteiger partial charge on any atom is -0.497 e. The van der Waals surface area contributed by atoms with Gasteiger partial charge in [-0.2, -0.15) is 0 Å². The van der Waals surface area contributed by atoms with E-state index in [1.807, 2.05) is 0 Å². The molecule has 0 aliphatic carbocycles. The molecule has 9 nitrogen and oxygen atoms in total. The molecule has 2 aromatic rings. The van der Waals surface area contributed by atoms with E-state index in [1.165, 1.54) is 21.3 Å². The van der Waals surface area contributed by atoms with E-state index in [4.69, 9.17) is 24.7 Å². The number of esters is 1. The maximum atomic E-state index is 13.8. The number of hydrogen-bond donors (Lipinski definition) is 1. The molecule has 33 heavy (non-hydrogen) atoms. The second-order valence-electron chi connectivity index (χ2n) is 7.64. The van der Waals surface area contributed by atoms with Gasteiger partial charge in [0.1, 0.15) is 16.7 Å². The normalized spacial score (nSPS) is 23.5. The summed E-state index contributed by atoms with van der Waals surface area (Å²) in [5.41, 5.74) is 7.27. The number of nitrogens with two attached hydrogens (primary N) is 1. The second kappa shape index (κ2) is 7.73. The van der Waals surface area contributed by atoms with Crippen LogP contribution in [-0.4, -0.2) is 44.4 Å². The van der Waals surface area contributed by atoms with Gasteiger partial charge in [0.05, 0.1) is 43.5 Å². The summed E-state index contributed by atoms with van der Waals surface area (Å²) in [7, 11) is 4.41. The molecule has 170 valence electrons. The fourth-order valence-corrected chi connectivity index (χ4v) is 5.86. The van der Waals surface area contributed by atoms with Gasteiger partial charge in [0, 0.05) is 17.5 Å². The van der Waals surface area contributed by atoms with Gasteiger partial charge in [0.25, 0.3) is 0 Å². The first-order valence-electron chi connectivity index (χ1n) is 10.1. The lowest BCUT2D eigenvalue weighted by molar-refractivity contribution is -0.132. The zero-order valence-electron chi connectivity index (χ0n) is 18.0. The summed E-state index contributed by atoms with van der Waals surface area (Å²) in [6.07, 6.45) is 0. The van der Waals surface area contributed by atoms with E-state index in [2.05, 4.69) is 0 Å². The number of rotatable bonds is 4. The van der Waals surface area contributed by atoms with Gasteiger partial charge < -0.3 is 24.7 Å². The highest BCUT2D eigenvalue weighted by molar-refractivity contribution is 8.04. The minimum absolute atomic E-state index is 0.167. The molecule has 2 amide bonds. The van der Waals surface area contributed by atoms with Gasteiger partial charge >= 0.3 is 5.97 Å². The Balaban J connectivity index is 1.67. The van der Waals surface area contributed by atoms with Crippen molar-refractivity contribution in [2.24, 2.45) is 11.7 Å². The van der Waals surface area contributed by atoms with Gasteiger partial charge in [0.15, 0.2) is 11.5 Å². The number of benzene rings is 2. The number of thioether (sulfide) groups is 1. The number of methoxy groups -OCH3 is 3. The summed E-state index contributed by atoms with van der Waals surface area (Å²) in [6, 6.07) is 10.0. The number of ether oxygens (including phenoxy) is 4. The maximum absolute atomic E-state index is 13.8. The summed E-state index contributed by atoms with van der Waals surface area (Å²) < 4.78 is 21.6. The Hall–Kier alpha value is -3.66. The largest absolute Gasteiger partial charge is 0.497 e. The Morgan fingerprint density at radius 3 is 2.42 bits per heavy atom. The quantitative estimate of drug-likeness (QED) is 0.409. The molecule has 0 saturated carbocycles. The van der Waals surface area contributed by atoms with Gasteiger partial charge in [-0.25, -0.2) is 9.69 Å². The molecular weight excluding hydrogens is 448 g/mol. The molecule has 0 unspecified atom stereocenters. The van der Waals surface area contributed by atoms with Crippen molar-refractivity contribution in [2.75, 3.05) is 26.2 Å². The van der Waals surface area contributed by atoms with E-state index in [9.17, 15) is 14.4 Å². The number of fused-ring (bicyclic) bond motifs is 5. The van der Waals surface area contributed by atoms with Gasteiger partial charge in [-0.3, -0.25) is 9.59 Å². The molecule has 3 heterocycles. The molecule has 0 radical (unpaired) electrons. The standard InChI is InChI=1S/C23H20N2O7S/c1-29-10-7-8-13(30-2)12(9-10)25-21(26)16-15-11-5-4-6-14(31-3)18(11)32-23(28)17(15)20(24)33-19(16)22(25)27/h4-9,15-16,19H,24H2,1-3H3/t15-,16-,19+/m1/s1. The molecule has 2 N–H and O–H groups in total. The average Bonchev–Trinajstić information content (AvgIpc) is 3.07. The molecule has 2 aromatic carbocycles. The third-order valence-electron chi connectivity index (χ3n) is 6.09. The van der Waals surface area contributed by atoms with Gasteiger partial charge in [-0.1, -0.05) is 23.9 Å². The lowest BCUT2D eigenvalue weighted by Gasteiger charge is -2.36. The third-order valence-corrected chi connectivity index (χ3v) is 7.31. The first kappa shape index (κ1) is 21.2. The molecule has 5 rings (SSSR count). The maximum Gasteiger partial charge on any atom is 0.342 e. The highest BCUT2D eigenvalue weighted by atomic mass is 32.2. The summed E-state index contributed by atoms with van der Waals surface area (Å²) in [6.45, 7) is 0. The number of carbonyl (C=O) groups excluding carboxylic acids is 3. The van der Waals surface area contributed by atoms with Crippen molar-refractivity contribution in [2.45, 2.75) is 11.2 Å². The van der Waals surface area contributed by atoms with Crippen molar-refractivity contribution >= 4 is 35.2 Å². The SMILES string of the molecule is COc1ccc(OC)c(N2C(=O)[C@H]3[C@H](SC(N)=C4C(=O)Oc5c(OC)cccc5[C@@H]43)C2=O)c1. The number of imide groups is 1. The molecule has 1 fully saturated rings. The fraction of sp³-hybridized carbons (Fsp3) is 0.261. The van der Waals surface area contributed by atoms with Crippen LogP contribution >= 0.6 is 11.8 Å². The monoisotopic (exact) mass is 468 g/mol. The van der Waals surface area contributed by atoms with Gasteiger partial charge in [0.2, 0.25) is 11.8 Å². The van der Waals surface area contributed by atoms with Crippen LogP contribution in [0, 0.1) is 5.92 Å². The summed E-state index contributed by atoms with van der Waals surface area (Å²) >= 11 is 1.01. The van der Waals surface area contributed by atoms with Crippen LogP contribution in [0.2, 0.25) is 0 Å². The first-order valence-corrected chi connectivity index (χ1v) is 10.9. The summed E-state index contributed by atoms with van der Waals surface area (Å²) in [5.74, 6) is -1.77. The fourth-order valence-electron chi connectivity index (χ4n) is 4.62. The number of anilines is 1. The van der Waals surface area contributed by atoms with E-state index in [0.29, 0.717) is 22.8 Å². The van der Waals surface area contributed by atoms with Crippen LogP contribution in [-0.2, 0) is 14.4 Å². The lowest BCUT2D eigenvalue weighted by atomic mass is 9.77. The minimum atomic E-state index is -0.862. The van der Waals surface area contributed by atoms with Crippen molar-refractivity contribution in [3.63, 3.8) is 0 Å². The van der Waals surface area contributed by atoms with Crippen molar-refractivity contribution < 1.29 is 33.3 Å². The first-order chi connectivity index (χ1) is 15.9. The second-order valence-corrected chi connectivity index (χ2v) is 8.82. The van der Waals surface area contributed by atoms with Crippen LogP contribution < -0.4 is 29.6 Å². The Labute approximate surface area is 193 Å². The summed E-state index contributed by atoms with van der Waals surface area (Å²) in [5, 5.41) is -0.646. The molecule has 0 aromatic heterocycles. The van der Waals surface area contributed by atoms with Crippen molar-refractivity contribution in [1.82, 2.24) is 0 Å². The van der Waals surface area contributed by atoms with Crippen LogP contribution in [0.15, 0.2) is 47.0 Å². The van der Waals surface area contributed by atoms with E-state index in [1.54, 1.807) is 36.4 Å². The van der Waals surface area contributed by atoms with Crippen LogP contribution in [0.3, 0.4) is 0 Å². The Kier molecular flexibility index (Phi) is 4.97. The van der Waals surface area contributed by atoms with E-state index >= 15 is 0 Å². The Bertz CT molecular complexity index is 1240. The predicted molar refractivity (Wildman–Crippen MR) is 119 cm³/mol. The van der Waals surface area contributed by atoms with Gasteiger partial charge in [-0.15, -0.1) is 0 Å². The smallest absolute Gasteiger partial charge is 0.342 e.